The van der Waals surface area contributed by atoms with Crippen LogP contribution < -0.4 is 10.6 Å². The number of oxazole rings is 1. The zero-order valence-electron chi connectivity index (χ0n) is 17.8. The Labute approximate surface area is 190 Å². The maximum Gasteiger partial charge on any atom is 0.337 e. The highest BCUT2D eigenvalue weighted by Gasteiger charge is 2.30. The van der Waals surface area contributed by atoms with Crippen molar-refractivity contribution in [1.82, 2.24) is 15.6 Å². The van der Waals surface area contributed by atoms with Crippen LogP contribution in [0.3, 0.4) is 0 Å². The van der Waals surface area contributed by atoms with E-state index in [1.54, 1.807) is 13.8 Å². The number of carbonyl (C=O) groups excluding carboxylic acids is 2. The molecule has 0 bridgehead atoms. The van der Waals surface area contributed by atoms with Crippen LogP contribution in [0.4, 0.5) is 4.79 Å². The molecular weight excluding hydrogens is 426 g/mol. The second kappa shape index (κ2) is 9.74. The molecule has 2 amide bonds. The van der Waals surface area contributed by atoms with E-state index in [0.717, 1.165) is 16.8 Å². The number of hydrogen-bond acceptors (Lipinski definition) is 6. The van der Waals surface area contributed by atoms with Crippen LogP contribution in [0.25, 0.3) is 22.6 Å². The lowest BCUT2D eigenvalue weighted by Crippen LogP contribution is -2.49. The maximum atomic E-state index is 12.4. The average molecular weight is 450 g/mol. The van der Waals surface area contributed by atoms with E-state index in [1.165, 1.54) is 11.8 Å². The third-order valence-electron chi connectivity index (χ3n) is 4.90. The Kier molecular flexibility index (Phi) is 6.61. The summed E-state index contributed by atoms with van der Waals surface area (Å²) in [4.78, 5) is 29.2. The van der Waals surface area contributed by atoms with Gasteiger partial charge in [-0.05, 0) is 13.8 Å². The van der Waals surface area contributed by atoms with Crippen LogP contribution in [0.1, 0.15) is 13.8 Å². The molecule has 0 aliphatic carbocycles. The monoisotopic (exact) mass is 449 g/mol. The molecule has 7 nitrogen and oxygen atoms in total. The maximum absolute atomic E-state index is 12.4. The number of amides is 2. The first-order valence-electron chi connectivity index (χ1n) is 10.3. The number of benzene rings is 2. The lowest BCUT2D eigenvalue weighted by molar-refractivity contribution is -0.138. The van der Waals surface area contributed by atoms with Gasteiger partial charge in [0.05, 0.1) is 18.2 Å². The Morgan fingerprint density at radius 1 is 1.09 bits per heavy atom. The van der Waals surface area contributed by atoms with Gasteiger partial charge in [0.25, 0.3) is 5.22 Å². The molecule has 2 heterocycles. The van der Waals surface area contributed by atoms with E-state index in [-0.39, 0.29) is 12.6 Å². The lowest BCUT2D eigenvalue weighted by Gasteiger charge is -2.26. The number of urea groups is 1. The van der Waals surface area contributed by atoms with Gasteiger partial charge in [0.2, 0.25) is 0 Å². The molecule has 1 unspecified atom stereocenters. The van der Waals surface area contributed by atoms with Gasteiger partial charge in [-0.1, -0.05) is 72.4 Å². The van der Waals surface area contributed by atoms with Crippen molar-refractivity contribution in [3.8, 4) is 22.6 Å². The van der Waals surface area contributed by atoms with Gasteiger partial charge in [-0.25, -0.2) is 14.6 Å². The number of thioether (sulfide) groups is 1. The normalized spacial score (nSPS) is 15.8. The van der Waals surface area contributed by atoms with Crippen molar-refractivity contribution in [2.75, 3.05) is 12.4 Å². The Balaban J connectivity index is 1.66. The summed E-state index contributed by atoms with van der Waals surface area (Å²) < 4.78 is 11.3. The van der Waals surface area contributed by atoms with E-state index in [0.29, 0.717) is 28.0 Å². The summed E-state index contributed by atoms with van der Waals surface area (Å²) in [5, 5.41) is 5.87. The van der Waals surface area contributed by atoms with Crippen LogP contribution in [0.5, 0.6) is 0 Å². The zero-order valence-corrected chi connectivity index (χ0v) is 18.6. The number of esters is 1. The van der Waals surface area contributed by atoms with Crippen molar-refractivity contribution in [3.05, 3.63) is 71.9 Å². The standard InChI is InChI=1S/C24H23N3O4S/c1-3-30-22(28)19-15(2)25-23(29)26-18(19)14-32-24-27-20(16-10-6-4-7-11-16)21(31-24)17-12-8-5-9-13-17/h4-13,15H,3,14H2,1-2H3,(H2,25,26,29). The summed E-state index contributed by atoms with van der Waals surface area (Å²) in [5.41, 5.74) is 3.49. The Hall–Kier alpha value is -3.52. The van der Waals surface area contributed by atoms with Crippen LogP contribution >= 0.6 is 11.8 Å². The van der Waals surface area contributed by atoms with E-state index >= 15 is 0 Å². The van der Waals surface area contributed by atoms with Crippen molar-refractivity contribution < 1.29 is 18.7 Å². The number of nitrogens with zero attached hydrogens (tertiary/aromatic N) is 1. The molecule has 4 rings (SSSR count). The number of carbonyl (C=O) groups is 2. The Morgan fingerprint density at radius 2 is 1.75 bits per heavy atom. The smallest absolute Gasteiger partial charge is 0.337 e. The fourth-order valence-electron chi connectivity index (χ4n) is 3.47. The van der Waals surface area contributed by atoms with Gasteiger partial charge in [0, 0.05) is 22.6 Å². The molecule has 1 aliphatic rings. The van der Waals surface area contributed by atoms with E-state index in [4.69, 9.17) is 14.1 Å². The molecule has 2 aromatic carbocycles. The van der Waals surface area contributed by atoms with Gasteiger partial charge in [0.1, 0.15) is 5.69 Å². The summed E-state index contributed by atoms with van der Waals surface area (Å²) in [5.74, 6) is 0.515. The first-order chi connectivity index (χ1) is 15.6. The van der Waals surface area contributed by atoms with E-state index in [9.17, 15) is 9.59 Å². The lowest BCUT2D eigenvalue weighted by atomic mass is 10.1. The first kappa shape index (κ1) is 21.7. The molecule has 1 aliphatic heterocycles. The summed E-state index contributed by atoms with van der Waals surface area (Å²) in [7, 11) is 0. The highest BCUT2D eigenvalue weighted by molar-refractivity contribution is 7.99. The van der Waals surface area contributed by atoms with Crippen molar-refractivity contribution in [2.24, 2.45) is 0 Å². The minimum Gasteiger partial charge on any atom is -0.463 e. The second-order valence-electron chi connectivity index (χ2n) is 7.11. The van der Waals surface area contributed by atoms with E-state index in [2.05, 4.69) is 10.6 Å². The molecule has 0 radical (unpaired) electrons. The molecule has 0 fully saturated rings. The molecule has 2 N–H and O–H groups in total. The van der Waals surface area contributed by atoms with Gasteiger partial charge in [-0.15, -0.1) is 0 Å². The van der Waals surface area contributed by atoms with Crippen LogP contribution in [0.15, 0.2) is 81.6 Å². The van der Waals surface area contributed by atoms with Gasteiger partial charge < -0.3 is 19.8 Å². The third kappa shape index (κ3) is 4.70. The van der Waals surface area contributed by atoms with Crippen LogP contribution in [0, 0.1) is 0 Å². The summed E-state index contributed by atoms with van der Waals surface area (Å²) in [6.07, 6.45) is 0. The Bertz CT molecular complexity index is 1090. The average Bonchev–Trinajstić information content (AvgIpc) is 3.23. The van der Waals surface area contributed by atoms with Crippen molar-refractivity contribution in [3.63, 3.8) is 0 Å². The van der Waals surface area contributed by atoms with Gasteiger partial charge in [-0.2, -0.15) is 0 Å². The van der Waals surface area contributed by atoms with E-state index < -0.39 is 12.0 Å². The predicted molar refractivity (Wildman–Crippen MR) is 123 cm³/mol. The molecule has 1 aromatic heterocycles. The number of nitrogens with one attached hydrogen (secondary N) is 2. The molecular formula is C24H23N3O4S. The summed E-state index contributed by atoms with van der Waals surface area (Å²) >= 11 is 1.31. The number of rotatable bonds is 7. The molecule has 0 saturated carbocycles. The molecule has 164 valence electrons. The second-order valence-corrected chi connectivity index (χ2v) is 8.04. The van der Waals surface area contributed by atoms with E-state index in [1.807, 2.05) is 60.7 Å². The minimum absolute atomic E-state index is 0.254. The number of aromatic nitrogens is 1. The topological polar surface area (TPSA) is 93.5 Å². The largest absolute Gasteiger partial charge is 0.463 e. The SMILES string of the molecule is CCOC(=O)C1=C(CSc2nc(-c3ccccc3)c(-c3ccccc3)o2)NC(=O)NC1C. The molecule has 0 saturated heterocycles. The highest BCUT2D eigenvalue weighted by Crippen LogP contribution is 2.36. The zero-order chi connectivity index (χ0) is 22.5. The fraction of sp³-hybridized carbons (Fsp3) is 0.208. The number of ether oxygens (including phenoxy) is 1. The first-order valence-corrected chi connectivity index (χ1v) is 11.3. The number of hydrogen-bond donors (Lipinski definition) is 2. The molecule has 0 spiro atoms. The van der Waals surface area contributed by atoms with Crippen LogP contribution in [-0.4, -0.2) is 35.4 Å². The fourth-order valence-corrected chi connectivity index (χ4v) is 4.26. The van der Waals surface area contributed by atoms with Gasteiger partial charge in [0.15, 0.2) is 5.76 Å². The summed E-state index contributed by atoms with van der Waals surface area (Å²) in [6.45, 7) is 3.75. The molecule has 1 atom stereocenters. The van der Waals surface area contributed by atoms with Crippen LogP contribution in [0.2, 0.25) is 0 Å². The van der Waals surface area contributed by atoms with Crippen LogP contribution in [-0.2, 0) is 9.53 Å². The van der Waals surface area contributed by atoms with Gasteiger partial charge in [-0.3, -0.25) is 0 Å². The Morgan fingerprint density at radius 3 is 2.41 bits per heavy atom. The third-order valence-corrected chi connectivity index (χ3v) is 5.75. The highest BCUT2D eigenvalue weighted by atomic mass is 32.2. The summed E-state index contributed by atoms with van der Waals surface area (Å²) in [6, 6.07) is 18.8. The van der Waals surface area contributed by atoms with Crippen molar-refractivity contribution in [1.29, 1.82) is 0 Å². The predicted octanol–water partition coefficient (Wildman–Crippen LogP) is 4.62. The van der Waals surface area contributed by atoms with Crippen molar-refractivity contribution in [2.45, 2.75) is 25.1 Å². The minimum atomic E-state index is -0.456. The molecule has 8 heteroatoms. The quantitative estimate of drug-likeness (QED) is 0.404. The van der Waals surface area contributed by atoms with Gasteiger partial charge >= 0.3 is 12.0 Å². The molecule has 3 aromatic rings. The molecule has 32 heavy (non-hydrogen) atoms. The van der Waals surface area contributed by atoms with Crippen molar-refractivity contribution >= 4 is 23.8 Å².